The largest absolute Gasteiger partial charge is 0.504 e. The zero-order valence-corrected chi connectivity index (χ0v) is 11.6. The maximum absolute atomic E-state index is 11.5. The van der Waals surface area contributed by atoms with Crippen molar-refractivity contribution in [3.63, 3.8) is 0 Å². The highest BCUT2D eigenvalue weighted by Gasteiger charge is 2.14. The fourth-order valence-electron chi connectivity index (χ4n) is 1.77. The lowest BCUT2D eigenvalue weighted by atomic mass is 10.0. The Morgan fingerprint density at radius 2 is 1.89 bits per heavy atom. The summed E-state index contributed by atoms with van der Waals surface area (Å²) < 4.78 is 5.37. The number of phenols is 2. The Bertz CT molecular complexity index is 426. The van der Waals surface area contributed by atoms with Crippen molar-refractivity contribution >= 4 is 5.78 Å². The molecule has 0 atom stereocenters. The van der Waals surface area contributed by atoms with Crippen LogP contribution in [-0.2, 0) is 11.2 Å². The molecule has 1 rings (SSSR count). The van der Waals surface area contributed by atoms with Crippen LogP contribution in [0, 0.1) is 0 Å². The standard InChI is InChI=1S/C15H22O4/c1-3-5-9-19-13-8-7-11(14(17)15(13)18)10-12(16)6-4-2/h7-8,17-18H,3-6,9-10H2,1-2H3. The van der Waals surface area contributed by atoms with Gasteiger partial charge in [-0.15, -0.1) is 0 Å². The van der Waals surface area contributed by atoms with Crippen LogP contribution in [0.4, 0.5) is 0 Å². The van der Waals surface area contributed by atoms with Crippen molar-refractivity contribution in [1.29, 1.82) is 0 Å². The van der Waals surface area contributed by atoms with Gasteiger partial charge in [-0.1, -0.05) is 26.3 Å². The smallest absolute Gasteiger partial charge is 0.200 e. The van der Waals surface area contributed by atoms with Gasteiger partial charge in [-0.3, -0.25) is 4.79 Å². The van der Waals surface area contributed by atoms with Crippen molar-refractivity contribution in [2.75, 3.05) is 6.61 Å². The molecule has 0 aliphatic rings. The molecule has 0 radical (unpaired) electrons. The van der Waals surface area contributed by atoms with Crippen molar-refractivity contribution in [3.05, 3.63) is 17.7 Å². The summed E-state index contributed by atoms with van der Waals surface area (Å²) in [4.78, 5) is 11.5. The van der Waals surface area contributed by atoms with Crippen LogP contribution in [0.3, 0.4) is 0 Å². The van der Waals surface area contributed by atoms with Gasteiger partial charge in [-0.2, -0.15) is 0 Å². The fourth-order valence-corrected chi connectivity index (χ4v) is 1.77. The minimum absolute atomic E-state index is 0.0526. The van der Waals surface area contributed by atoms with E-state index in [1.807, 2.05) is 13.8 Å². The van der Waals surface area contributed by atoms with E-state index in [1.165, 1.54) is 0 Å². The summed E-state index contributed by atoms with van der Waals surface area (Å²) in [6.45, 7) is 4.47. The molecule has 0 aromatic heterocycles. The molecule has 0 fully saturated rings. The van der Waals surface area contributed by atoms with E-state index >= 15 is 0 Å². The van der Waals surface area contributed by atoms with Gasteiger partial charge in [-0.25, -0.2) is 0 Å². The number of hydrogen-bond acceptors (Lipinski definition) is 4. The third-order valence-corrected chi connectivity index (χ3v) is 2.87. The van der Waals surface area contributed by atoms with E-state index in [2.05, 4.69) is 0 Å². The molecule has 0 amide bonds. The molecule has 0 bridgehead atoms. The Kier molecular flexibility index (Phi) is 6.19. The van der Waals surface area contributed by atoms with Crippen LogP contribution < -0.4 is 4.74 Å². The first-order chi connectivity index (χ1) is 9.10. The average Bonchev–Trinajstić information content (AvgIpc) is 2.38. The molecular weight excluding hydrogens is 244 g/mol. The van der Waals surface area contributed by atoms with Gasteiger partial charge >= 0.3 is 0 Å². The monoisotopic (exact) mass is 266 g/mol. The molecule has 106 valence electrons. The highest BCUT2D eigenvalue weighted by molar-refractivity contribution is 5.82. The molecule has 0 heterocycles. The number of hydrogen-bond donors (Lipinski definition) is 2. The molecule has 0 unspecified atom stereocenters. The van der Waals surface area contributed by atoms with E-state index in [1.54, 1.807) is 12.1 Å². The molecule has 0 saturated carbocycles. The summed E-state index contributed by atoms with van der Waals surface area (Å²) in [6, 6.07) is 3.23. The van der Waals surface area contributed by atoms with E-state index in [0.717, 1.165) is 19.3 Å². The van der Waals surface area contributed by atoms with Crippen LogP contribution in [0.5, 0.6) is 17.2 Å². The van der Waals surface area contributed by atoms with Crippen LogP contribution >= 0.6 is 0 Å². The first-order valence-corrected chi connectivity index (χ1v) is 6.78. The van der Waals surface area contributed by atoms with Gasteiger partial charge in [0.05, 0.1) is 6.61 Å². The number of aromatic hydroxyl groups is 2. The number of ketones is 1. The van der Waals surface area contributed by atoms with E-state index in [9.17, 15) is 15.0 Å². The Hall–Kier alpha value is -1.71. The zero-order chi connectivity index (χ0) is 14.3. The van der Waals surface area contributed by atoms with Gasteiger partial charge in [0.2, 0.25) is 5.75 Å². The Balaban J connectivity index is 2.76. The van der Waals surface area contributed by atoms with E-state index in [-0.39, 0.29) is 29.5 Å². The number of rotatable bonds is 8. The summed E-state index contributed by atoms with van der Waals surface area (Å²) in [6.07, 6.45) is 3.29. The molecule has 0 aliphatic carbocycles. The van der Waals surface area contributed by atoms with Gasteiger partial charge in [0, 0.05) is 18.4 Å². The number of phenolic OH excluding ortho intramolecular Hbond substituents is 2. The second-order valence-electron chi connectivity index (χ2n) is 4.59. The van der Waals surface area contributed by atoms with Crippen LogP contribution in [0.2, 0.25) is 0 Å². The molecule has 2 N–H and O–H groups in total. The summed E-state index contributed by atoms with van der Waals surface area (Å²) >= 11 is 0. The molecule has 4 heteroatoms. The Morgan fingerprint density at radius 1 is 1.16 bits per heavy atom. The first kappa shape index (κ1) is 15.3. The number of unbranched alkanes of at least 4 members (excludes halogenated alkanes) is 1. The first-order valence-electron chi connectivity index (χ1n) is 6.78. The van der Waals surface area contributed by atoms with Crippen molar-refractivity contribution in [2.45, 2.75) is 46.0 Å². The lowest BCUT2D eigenvalue weighted by Gasteiger charge is -2.11. The number of carbonyl (C=O) groups is 1. The average molecular weight is 266 g/mol. The molecule has 4 nitrogen and oxygen atoms in total. The Labute approximate surface area is 114 Å². The predicted molar refractivity (Wildman–Crippen MR) is 73.8 cm³/mol. The quantitative estimate of drug-likeness (QED) is 0.560. The lowest BCUT2D eigenvalue weighted by molar-refractivity contribution is -0.118. The molecular formula is C15H22O4. The normalized spacial score (nSPS) is 10.4. The zero-order valence-electron chi connectivity index (χ0n) is 11.6. The topological polar surface area (TPSA) is 66.8 Å². The number of benzene rings is 1. The van der Waals surface area contributed by atoms with Gasteiger partial charge in [0.25, 0.3) is 0 Å². The lowest BCUT2D eigenvalue weighted by Crippen LogP contribution is -2.03. The molecule has 1 aromatic rings. The summed E-state index contributed by atoms with van der Waals surface area (Å²) in [5, 5.41) is 19.7. The molecule has 0 spiro atoms. The van der Waals surface area contributed by atoms with Gasteiger partial charge in [0.1, 0.15) is 5.78 Å². The summed E-state index contributed by atoms with van der Waals surface area (Å²) in [5.41, 5.74) is 0.443. The highest BCUT2D eigenvalue weighted by Crippen LogP contribution is 2.38. The SMILES string of the molecule is CCCCOc1ccc(CC(=O)CCC)c(O)c1O. The summed E-state index contributed by atoms with van der Waals surface area (Å²) in [7, 11) is 0. The van der Waals surface area contributed by atoms with E-state index in [4.69, 9.17) is 4.74 Å². The third-order valence-electron chi connectivity index (χ3n) is 2.87. The van der Waals surface area contributed by atoms with Crippen LogP contribution in [0.25, 0.3) is 0 Å². The fraction of sp³-hybridized carbons (Fsp3) is 0.533. The number of ether oxygens (including phenoxy) is 1. The van der Waals surface area contributed by atoms with Gasteiger partial charge in [0.15, 0.2) is 11.5 Å². The molecule has 0 aliphatic heterocycles. The van der Waals surface area contributed by atoms with Crippen molar-refractivity contribution in [1.82, 2.24) is 0 Å². The predicted octanol–water partition coefficient (Wildman–Crippen LogP) is 3.19. The van der Waals surface area contributed by atoms with Gasteiger partial charge < -0.3 is 14.9 Å². The molecule has 0 saturated heterocycles. The van der Waals surface area contributed by atoms with E-state index in [0.29, 0.717) is 18.6 Å². The van der Waals surface area contributed by atoms with Crippen molar-refractivity contribution in [3.8, 4) is 17.2 Å². The van der Waals surface area contributed by atoms with Gasteiger partial charge in [-0.05, 0) is 18.9 Å². The van der Waals surface area contributed by atoms with Crippen LogP contribution in [-0.4, -0.2) is 22.6 Å². The van der Waals surface area contributed by atoms with Crippen LogP contribution in [0.1, 0.15) is 45.1 Å². The minimum atomic E-state index is -0.280. The van der Waals surface area contributed by atoms with E-state index < -0.39 is 0 Å². The second-order valence-corrected chi connectivity index (χ2v) is 4.59. The highest BCUT2D eigenvalue weighted by atomic mass is 16.5. The van der Waals surface area contributed by atoms with Crippen molar-refractivity contribution < 1.29 is 19.7 Å². The second kappa shape index (κ2) is 7.67. The van der Waals surface area contributed by atoms with Crippen LogP contribution in [0.15, 0.2) is 12.1 Å². The maximum atomic E-state index is 11.5. The maximum Gasteiger partial charge on any atom is 0.200 e. The van der Waals surface area contributed by atoms with Crippen molar-refractivity contribution in [2.24, 2.45) is 0 Å². The number of carbonyl (C=O) groups excluding carboxylic acids is 1. The number of Topliss-reactive ketones (excluding diaryl/α,β-unsaturated/α-hetero) is 1. The molecule has 1 aromatic carbocycles. The minimum Gasteiger partial charge on any atom is -0.504 e. The molecule has 19 heavy (non-hydrogen) atoms. The Morgan fingerprint density at radius 3 is 2.53 bits per heavy atom. The summed E-state index contributed by atoms with van der Waals surface area (Å²) in [5.74, 6) is -0.217. The third kappa shape index (κ3) is 4.47.